The van der Waals surface area contributed by atoms with Crippen LogP contribution < -0.4 is 5.32 Å². The highest BCUT2D eigenvalue weighted by Crippen LogP contribution is 2.22. The number of ether oxygens (including phenoxy) is 1. The highest BCUT2D eigenvalue weighted by Gasteiger charge is 2.15. The Kier molecular flexibility index (Phi) is 9.01. The number of nitrogens with one attached hydrogen (secondary N) is 1. The zero-order chi connectivity index (χ0) is 18.9. The molecule has 0 saturated carbocycles. The van der Waals surface area contributed by atoms with E-state index < -0.39 is 5.60 Å². The fourth-order valence-corrected chi connectivity index (χ4v) is 3.21. The minimum absolute atomic E-state index is 0.370. The summed E-state index contributed by atoms with van der Waals surface area (Å²) in [5, 5.41) is 5.72. The average Bonchev–Trinajstić information content (AvgIpc) is 2.97. The Labute approximate surface area is 160 Å². The molecule has 0 aliphatic rings. The number of thiophene rings is 1. The minimum atomic E-state index is -0.463. The zero-order valence-corrected chi connectivity index (χ0v) is 17.3. The fourth-order valence-electron chi connectivity index (χ4n) is 2.11. The number of alkyl carbamates (subject to hydrolysis) is 1. The van der Waals surface area contributed by atoms with Crippen molar-refractivity contribution in [3.63, 3.8) is 0 Å². The molecule has 138 valence electrons. The molecule has 0 saturated heterocycles. The normalized spacial score (nSPS) is 10.6. The molecule has 3 nitrogen and oxygen atoms in total. The molecule has 0 aliphatic heterocycles. The topological polar surface area (TPSA) is 38.3 Å². The Morgan fingerprint density at radius 2 is 1.92 bits per heavy atom. The first kappa shape index (κ1) is 21.5. The van der Waals surface area contributed by atoms with Gasteiger partial charge in [-0.05, 0) is 62.3 Å². The second-order valence-electron chi connectivity index (χ2n) is 6.37. The van der Waals surface area contributed by atoms with Crippen LogP contribution in [0.3, 0.4) is 0 Å². The highest BCUT2D eigenvalue weighted by atomic mass is 35.5. The average molecular weight is 382 g/mol. The van der Waals surface area contributed by atoms with Gasteiger partial charge in [-0.15, -0.1) is 11.3 Å². The molecule has 0 aliphatic carbocycles. The van der Waals surface area contributed by atoms with Crippen LogP contribution in [0.25, 0.3) is 0 Å². The van der Waals surface area contributed by atoms with Gasteiger partial charge in [-0.25, -0.2) is 4.79 Å². The molecule has 0 atom stereocenters. The number of benzene rings is 1. The number of carbonyl (C=O) groups is 1. The van der Waals surface area contributed by atoms with Gasteiger partial charge in [0.15, 0.2) is 0 Å². The molecule has 0 spiro atoms. The Bertz CT molecular complexity index is 662. The van der Waals surface area contributed by atoms with Gasteiger partial charge in [0, 0.05) is 16.4 Å². The maximum atomic E-state index is 11.6. The van der Waals surface area contributed by atoms with E-state index in [1.54, 1.807) is 11.3 Å². The van der Waals surface area contributed by atoms with Gasteiger partial charge in [-0.1, -0.05) is 43.6 Å². The molecule has 1 aromatic heterocycles. The standard InChI is InChI=1S/C18H22ClNO2S.C2H6/c1-18(2,3)22-17(21)20-9-8-15-11-13(12-23-15)10-14-6-4-5-7-16(14)19;1-2/h4-7,11-12H,8-10H2,1-3H3,(H,20,21);1-2H3. The smallest absolute Gasteiger partial charge is 0.407 e. The van der Waals surface area contributed by atoms with Gasteiger partial charge in [0.25, 0.3) is 0 Å². The summed E-state index contributed by atoms with van der Waals surface area (Å²) >= 11 is 7.90. The molecule has 1 aromatic carbocycles. The van der Waals surface area contributed by atoms with Crippen molar-refractivity contribution in [2.24, 2.45) is 0 Å². The van der Waals surface area contributed by atoms with Crippen molar-refractivity contribution < 1.29 is 9.53 Å². The van der Waals surface area contributed by atoms with Crippen molar-refractivity contribution >= 4 is 29.0 Å². The molecule has 0 bridgehead atoms. The van der Waals surface area contributed by atoms with Gasteiger partial charge < -0.3 is 10.1 Å². The summed E-state index contributed by atoms with van der Waals surface area (Å²) in [6, 6.07) is 10.1. The lowest BCUT2D eigenvalue weighted by Gasteiger charge is -2.19. The molecule has 0 unspecified atom stereocenters. The van der Waals surface area contributed by atoms with Crippen LogP contribution in [0.1, 0.15) is 50.6 Å². The third-order valence-corrected chi connectivity index (χ3v) is 4.51. The molecule has 1 amide bonds. The van der Waals surface area contributed by atoms with E-state index in [-0.39, 0.29) is 6.09 Å². The lowest BCUT2D eigenvalue weighted by atomic mass is 10.1. The zero-order valence-electron chi connectivity index (χ0n) is 15.7. The maximum Gasteiger partial charge on any atom is 0.407 e. The lowest BCUT2D eigenvalue weighted by molar-refractivity contribution is 0.0528. The first-order chi connectivity index (χ1) is 11.8. The maximum absolute atomic E-state index is 11.6. The summed E-state index contributed by atoms with van der Waals surface area (Å²) < 4.78 is 5.21. The van der Waals surface area contributed by atoms with E-state index in [1.165, 1.54) is 10.4 Å². The van der Waals surface area contributed by atoms with E-state index in [1.807, 2.05) is 58.9 Å². The molecule has 25 heavy (non-hydrogen) atoms. The molecule has 1 heterocycles. The van der Waals surface area contributed by atoms with Crippen LogP contribution in [0.5, 0.6) is 0 Å². The lowest BCUT2D eigenvalue weighted by Crippen LogP contribution is -2.33. The molecule has 0 fully saturated rings. The van der Waals surface area contributed by atoms with E-state index >= 15 is 0 Å². The first-order valence-electron chi connectivity index (χ1n) is 8.60. The summed E-state index contributed by atoms with van der Waals surface area (Å²) in [5.74, 6) is 0. The summed E-state index contributed by atoms with van der Waals surface area (Å²) in [5.41, 5.74) is 1.91. The van der Waals surface area contributed by atoms with Crippen LogP contribution in [-0.4, -0.2) is 18.2 Å². The Morgan fingerprint density at radius 3 is 2.56 bits per heavy atom. The molecule has 1 N–H and O–H groups in total. The number of carbonyl (C=O) groups excluding carboxylic acids is 1. The number of hydrogen-bond donors (Lipinski definition) is 1. The van der Waals surface area contributed by atoms with Gasteiger partial charge in [0.1, 0.15) is 5.60 Å². The van der Waals surface area contributed by atoms with E-state index in [0.717, 1.165) is 23.4 Å². The molecule has 5 heteroatoms. The van der Waals surface area contributed by atoms with Crippen LogP contribution in [0.15, 0.2) is 35.7 Å². The molecule has 2 aromatic rings. The van der Waals surface area contributed by atoms with Crippen molar-refractivity contribution in [1.82, 2.24) is 5.32 Å². The fraction of sp³-hybridized carbons (Fsp3) is 0.450. The van der Waals surface area contributed by atoms with Crippen LogP contribution in [0, 0.1) is 0 Å². The van der Waals surface area contributed by atoms with Crippen molar-refractivity contribution in [3.05, 3.63) is 56.7 Å². The molecular weight excluding hydrogens is 354 g/mol. The number of amides is 1. The van der Waals surface area contributed by atoms with Crippen molar-refractivity contribution in [3.8, 4) is 0 Å². The highest BCUT2D eigenvalue weighted by molar-refractivity contribution is 7.10. The predicted octanol–water partition coefficient (Wildman–Crippen LogP) is 6.09. The second kappa shape index (κ2) is 10.5. The third kappa shape index (κ3) is 8.41. The SMILES string of the molecule is CC.CC(C)(C)OC(=O)NCCc1cc(Cc2ccccc2Cl)cs1. The quantitative estimate of drug-likeness (QED) is 0.680. The summed E-state index contributed by atoms with van der Waals surface area (Å²) in [6.07, 6.45) is 1.26. The third-order valence-electron chi connectivity index (χ3n) is 3.10. The van der Waals surface area contributed by atoms with Crippen LogP contribution in [0.4, 0.5) is 4.79 Å². The van der Waals surface area contributed by atoms with E-state index in [9.17, 15) is 4.79 Å². The monoisotopic (exact) mass is 381 g/mol. The van der Waals surface area contributed by atoms with Gasteiger partial charge >= 0.3 is 6.09 Å². The molecule has 2 rings (SSSR count). The second-order valence-corrected chi connectivity index (χ2v) is 7.77. The van der Waals surface area contributed by atoms with E-state index in [2.05, 4.69) is 16.8 Å². The number of halogens is 1. The van der Waals surface area contributed by atoms with Gasteiger partial charge in [0.2, 0.25) is 0 Å². The van der Waals surface area contributed by atoms with E-state index in [4.69, 9.17) is 16.3 Å². The number of hydrogen-bond acceptors (Lipinski definition) is 3. The summed E-state index contributed by atoms with van der Waals surface area (Å²) in [6.45, 7) is 10.1. The van der Waals surface area contributed by atoms with Crippen LogP contribution >= 0.6 is 22.9 Å². The summed E-state index contributed by atoms with van der Waals surface area (Å²) in [7, 11) is 0. The van der Waals surface area contributed by atoms with Gasteiger partial charge in [0.05, 0.1) is 0 Å². The molecule has 0 radical (unpaired) electrons. The number of rotatable bonds is 5. The Morgan fingerprint density at radius 1 is 1.24 bits per heavy atom. The minimum Gasteiger partial charge on any atom is -0.444 e. The van der Waals surface area contributed by atoms with Crippen molar-refractivity contribution in [1.29, 1.82) is 0 Å². The summed E-state index contributed by atoms with van der Waals surface area (Å²) in [4.78, 5) is 12.8. The van der Waals surface area contributed by atoms with Crippen molar-refractivity contribution in [2.75, 3.05) is 6.54 Å². The largest absolute Gasteiger partial charge is 0.444 e. The van der Waals surface area contributed by atoms with Crippen LogP contribution in [-0.2, 0) is 17.6 Å². The van der Waals surface area contributed by atoms with E-state index in [0.29, 0.717) is 6.54 Å². The van der Waals surface area contributed by atoms with Crippen molar-refractivity contribution in [2.45, 2.75) is 53.1 Å². The molecular formula is C20H28ClNO2S. The predicted molar refractivity (Wildman–Crippen MR) is 108 cm³/mol. The van der Waals surface area contributed by atoms with Gasteiger partial charge in [-0.2, -0.15) is 0 Å². The van der Waals surface area contributed by atoms with Gasteiger partial charge in [-0.3, -0.25) is 0 Å². The Hall–Kier alpha value is -1.52. The van der Waals surface area contributed by atoms with Crippen LogP contribution in [0.2, 0.25) is 5.02 Å². The first-order valence-corrected chi connectivity index (χ1v) is 9.86. The Balaban J connectivity index is 0.00000151.